The fourth-order valence-electron chi connectivity index (χ4n) is 4.68. The number of aliphatic hydroxyl groups is 1. The van der Waals surface area contributed by atoms with Crippen molar-refractivity contribution in [2.45, 2.75) is 11.0 Å². The van der Waals surface area contributed by atoms with Crippen LogP contribution in [0.5, 0.6) is 17.2 Å². The van der Waals surface area contributed by atoms with E-state index in [4.69, 9.17) is 14.2 Å². The van der Waals surface area contributed by atoms with E-state index in [-0.39, 0.29) is 36.6 Å². The fourth-order valence-corrected chi connectivity index (χ4v) is 6.12. The van der Waals surface area contributed by atoms with E-state index in [0.717, 1.165) is 11.1 Å². The number of hydrogen-bond acceptors (Lipinski definition) is 8. The molecule has 2 aromatic rings. The summed E-state index contributed by atoms with van der Waals surface area (Å²) in [6, 6.07) is 8.50. The van der Waals surface area contributed by atoms with Crippen molar-refractivity contribution in [3.05, 3.63) is 58.9 Å². The molecule has 0 bridgehead atoms. The number of aliphatic hydroxyl groups excluding tert-OH is 1. The SMILES string of the molecule is CN(C)CCOc1ccc(F)c(C(O)C(=O)N2CC3=C(C2)CN(S(=O)(=O)c2ccc4c(c2)OCCO4)C3)c1. The number of sulfonamides is 1. The van der Waals surface area contributed by atoms with Crippen molar-refractivity contribution in [2.24, 2.45) is 0 Å². The number of benzene rings is 2. The number of hydrogen-bond donors (Lipinski definition) is 1. The Morgan fingerprint density at radius 2 is 1.74 bits per heavy atom. The Morgan fingerprint density at radius 3 is 2.42 bits per heavy atom. The molecule has 0 fully saturated rings. The van der Waals surface area contributed by atoms with E-state index in [1.165, 1.54) is 39.5 Å². The summed E-state index contributed by atoms with van der Waals surface area (Å²) in [6.45, 7) is 2.39. The van der Waals surface area contributed by atoms with E-state index < -0.39 is 27.9 Å². The minimum absolute atomic E-state index is 0.106. The van der Waals surface area contributed by atoms with Crippen molar-refractivity contribution >= 4 is 15.9 Å². The molecule has 2 aromatic carbocycles. The number of likely N-dealkylation sites (N-methyl/N-ethyl adjacent to an activating group) is 1. The minimum atomic E-state index is -3.80. The second kappa shape index (κ2) is 10.5. The van der Waals surface area contributed by atoms with Gasteiger partial charge in [0.05, 0.1) is 4.90 Å². The summed E-state index contributed by atoms with van der Waals surface area (Å²) in [5.74, 6) is -0.0986. The van der Waals surface area contributed by atoms with Gasteiger partial charge in [-0.25, -0.2) is 12.8 Å². The van der Waals surface area contributed by atoms with Gasteiger partial charge in [-0.05, 0) is 55.6 Å². The molecule has 0 saturated carbocycles. The molecular formula is C26H30FN3O7S. The molecule has 3 aliphatic rings. The molecule has 0 spiro atoms. The van der Waals surface area contributed by atoms with Crippen molar-refractivity contribution in [3.8, 4) is 17.2 Å². The first-order valence-electron chi connectivity index (χ1n) is 12.3. The highest BCUT2D eigenvalue weighted by Gasteiger charge is 2.39. The summed E-state index contributed by atoms with van der Waals surface area (Å²) in [7, 11) is 0.000276. The molecule has 10 nitrogen and oxygen atoms in total. The Hall–Kier alpha value is -3.19. The largest absolute Gasteiger partial charge is 0.492 e. The lowest BCUT2D eigenvalue weighted by Gasteiger charge is -2.25. The zero-order chi connectivity index (χ0) is 27.0. The van der Waals surface area contributed by atoms with Gasteiger partial charge < -0.3 is 29.1 Å². The monoisotopic (exact) mass is 547 g/mol. The van der Waals surface area contributed by atoms with Crippen LogP contribution in [0.2, 0.25) is 0 Å². The van der Waals surface area contributed by atoms with Crippen molar-refractivity contribution in [1.82, 2.24) is 14.1 Å². The first-order chi connectivity index (χ1) is 18.1. The standard InChI is InChI=1S/C26H30FN3O7S/c1-28(2)7-8-35-19-3-5-22(27)21(11-19)25(31)26(32)29-13-17-15-30(16-18(17)14-29)38(33,34)20-4-6-23-24(12-20)37-10-9-36-23/h3-6,11-12,25,31H,7-10,13-16H2,1-2H3. The van der Waals surface area contributed by atoms with E-state index in [2.05, 4.69) is 0 Å². The maximum absolute atomic E-state index is 14.5. The summed E-state index contributed by atoms with van der Waals surface area (Å²) in [6.07, 6.45) is -1.70. The summed E-state index contributed by atoms with van der Waals surface area (Å²) in [5, 5.41) is 10.7. The van der Waals surface area contributed by atoms with Gasteiger partial charge in [0.25, 0.3) is 5.91 Å². The Kier molecular flexibility index (Phi) is 7.32. The molecule has 5 rings (SSSR count). The number of halogens is 1. The van der Waals surface area contributed by atoms with E-state index in [1.54, 1.807) is 6.07 Å². The zero-order valence-corrected chi connectivity index (χ0v) is 22.0. The number of fused-ring (bicyclic) bond motifs is 1. The number of ether oxygens (including phenoxy) is 3. The predicted octanol–water partition coefficient (Wildman–Crippen LogP) is 1.41. The molecular weight excluding hydrogens is 517 g/mol. The molecule has 0 radical (unpaired) electrons. The van der Waals surface area contributed by atoms with Crippen LogP contribution in [0.25, 0.3) is 0 Å². The Bertz CT molecular complexity index is 1360. The Morgan fingerprint density at radius 1 is 1.05 bits per heavy atom. The number of carbonyl (C=O) groups is 1. The van der Waals surface area contributed by atoms with Crippen LogP contribution in [-0.2, 0) is 14.8 Å². The number of nitrogens with zero attached hydrogens (tertiary/aromatic N) is 3. The topological polar surface area (TPSA) is 109 Å². The Labute approximate surface area is 220 Å². The highest BCUT2D eigenvalue weighted by molar-refractivity contribution is 7.89. The maximum atomic E-state index is 14.5. The first kappa shape index (κ1) is 26.4. The van der Waals surface area contributed by atoms with Crippen molar-refractivity contribution in [3.63, 3.8) is 0 Å². The van der Waals surface area contributed by atoms with Crippen LogP contribution in [0.1, 0.15) is 11.7 Å². The number of amides is 1. The van der Waals surface area contributed by atoms with Gasteiger partial charge in [-0.1, -0.05) is 0 Å². The normalized spacial score (nSPS) is 18.2. The van der Waals surface area contributed by atoms with Gasteiger partial charge in [0.1, 0.15) is 31.4 Å². The second-order valence-corrected chi connectivity index (χ2v) is 11.7. The lowest BCUT2D eigenvalue weighted by atomic mass is 10.1. The summed E-state index contributed by atoms with van der Waals surface area (Å²) < 4.78 is 59.0. The minimum Gasteiger partial charge on any atom is -0.492 e. The Balaban J connectivity index is 1.22. The lowest BCUT2D eigenvalue weighted by Crippen LogP contribution is -2.38. The molecule has 1 N–H and O–H groups in total. The molecule has 0 aliphatic carbocycles. The highest BCUT2D eigenvalue weighted by Crippen LogP contribution is 2.36. The van der Waals surface area contributed by atoms with Crippen LogP contribution >= 0.6 is 0 Å². The van der Waals surface area contributed by atoms with Gasteiger partial charge >= 0.3 is 0 Å². The molecule has 12 heteroatoms. The van der Waals surface area contributed by atoms with Gasteiger partial charge in [0.15, 0.2) is 17.6 Å². The third-order valence-corrected chi connectivity index (χ3v) is 8.55. The molecule has 38 heavy (non-hydrogen) atoms. The van der Waals surface area contributed by atoms with Gasteiger partial charge in [-0.2, -0.15) is 4.31 Å². The second-order valence-electron chi connectivity index (χ2n) is 9.72. The summed E-state index contributed by atoms with van der Waals surface area (Å²) in [5.41, 5.74) is 1.44. The van der Waals surface area contributed by atoms with Gasteiger partial charge in [0, 0.05) is 44.4 Å². The van der Waals surface area contributed by atoms with Crippen LogP contribution in [0.15, 0.2) is 52.4 Å². The highest BCUT2D eigenvalue weighted by atomic mass is 32.2. The molecule has 0 aromatic heterocycles. The smallest absolute Gasteiger partial charge is 0.256 e. The summed E-state index contributed by atoms with van der Waals surface area (Å²) in [4.78, 5) is 16.5. The van der Waals surface area contributed by atoms with Crippen LogP contribution in [0.4, 0.5) is 4.39 Å². The average molecular weight is 548 g/mol. The molecule has 204 valence electrons. The molecule has 1 atom stereocenters. The molecule has 1 unspecified atom stereocenters. The zero-order valence-electron chi connectivity index (χ0n) is 21.2. The number of rotatable bonds is 8. The average Bonchev–Trinajstić information content (AvgIpc) is 3.49. The molecule has 3 aliphatic heterocycles. The van der Waals surface area contributed by atoms with Gasteiger partial charge in [-0.15, -0.1) is 0 Å². The van der Waals surface area contributed by atoms with Crippen LogP contribution in [0.3, 0.4) is 0 Å². The van der Waals surface area contributed by atoms with E-state index >= 15 is 0 Å². The van der Waals surface area contributed by atoms with Gasteiger partial charge in [0.2, 0.25) is 10.0 Å². The molecule has 0 saturated heterocycles. The third kappa shape index (κ3) is 5.21. The van der Waals surface area contributed by atoms with Crippen LogP contribution < -0.4 is 14.2 Å². The lowest BCUT2D eigenvalue weighted by molar-refractivity contribution is -0.139. The van der Waals surface area contributed by atoms with Crippen LogP contribution in [0, 0.1) is 5.82 Å². The van der Waals surface area contributed by atoms with Gasteiger partial charge in [-0.3, -0.25) is 4.79 Å². The van der Waals surface area contributed by atoms with E-state index in [1.807, 2.05) is 19.0 Å². The first-order valence-corrected chi connectivity index (χ1v) is 13.7. The van der Waals surface area contributed by atoms with E-state index in [9.17, 15) is 22.7 Å². The van der Waals surface area contributed by atoms with Crippen molar-refractivity contribution < 1.29 is 36.9 Å². The fraction of sp³-hybridized carbons (Fsp3) is 0.423. The quantitative estimate of drug-likeness (QED) is 0.495. The molecule has 3 heterocycles. The molecule has 1 amide bonds. The summed E-state index contributed by atoms with van der Waals surface area (Å²) >= 11 is 0. The van der Waals surface area contributed by atoms with Crippen LogP contribution in [-0.4, -0.2) is 100 Å². The van der Waals surface area contributed by atoms with Crippen molar-refractivity contribution in [2.75, 3.05) is 66.6 Å². The predicted molar refractivity (Wildman–Crippen MR) is 135 cm³/mol. The number of carbonyl (C=O) groups excluding carboxylic acids is 1. The third-order valence-electron chi connectivity index (χ3n) is 6.76. The maximum Gasteiger partial charge on any atom is 0.256 e. The van der Waals surface area contributed by atoms with E-state index in [0.29, 0.717) is 43.6 Å². The van der Waals surface area contributed by atoms with Crippen molar-refractivity contribution in [1.29, 1.82) is 0 Å².